The zero-order valence-electron chi connectivity index (χ0n) is 13.6. The lowest BCUT2D eigenvalue weighted by Crippen LogP contribution is -2.35. The van der Waals surface area contributed by atoms with E-state index in [0.29, 0.717) is 0 Å². The third-order valence-corrected chi connectivity index (χ3v) is 4.29. The van der Waals surface area contributed by atoms with Crippen LogP contribution in [-0.4, -0.2) is 18.6 Å². The minimum absolute atomic E-state index is 0.178. The number of rotatable bonds is 4. The second kappa shape index (κ2) is 6.62. The van der Waals surface area contributed by atoms with E-state index in [4.69, 9.17) is 0 Å². The predicted octanol–water partition coefficient (Wildman–Crippen LogP) is 4.34. The van der Waals surface area contributed by atoms with Gasteiger partial charge in [0.05, 0.1) is 0 Å². The summed E-state index contributed by atoms with van der Waals surface area (Å²) in [5.41, 5.74) is 2.90. The Balaban J connectivity index is 1.93. The van der Waals surface area contributed by atoms with Gasteiger partial charge in [-0.3, -0.25) is 0 Å². The molecule has 1 aliphatic rings. The minimum Gasteiger partial charge on any atom is -0.372 e. The normalized spacial score (nSPS) is 17.2. The van der Waals surface area contributed by atoms with Crippen molar-refractivity contribution in [3.8, 4) is 0 Å². The summed E-state index contributed by atoms with van der Waals surface area (Å²) in [5.74, 6) is 0. The minimum atomic E-state index is 0.178. The average molecular weight is 274 g/mol. The maximum absolute atomic E-state index is 3.54. The van der Waals surface area contributed by atoms with Gasteiger partial charge in [-0.1, -0.05) is 31.4 Å². The topological polar surface area (TPSA) is 15.3 Å². The molecule has 0 atom stereocenters. The molecule has 0 bridgehead atoms. The van der Waals surface area contributed by atoms with Gasteiger partial charge < -0.3 is 10.2 Å². The van der Waals surface area contributed by atoms with Gasteiger partial charge in [-0.25, -0.2) is 0 Å². The van der Waals surface area contributed by atoms with Gasteiger partial charge in [-0.15, -0.1) is 0 Å². The van der Waals surface area contributed by atoms with Crippen LogP contribution < -0.4 is 10.2 Å². The molecule has 2 nitrogen and oxygen atoms in total. The zero-order chi connectivity index (χ0) is 14.6. The first-order valence-electron chi connectivity index (χ1n) is 8.02. The van der Waals surface area contributed by atoms with E-state index in [9.17, 15) is 0 Å². The molecule has 0 spiro atoms. The Bertz CT molecular complexity index is 396. The van der Waals surface area contributed by atoms with Gasteiger partial charge in [0.15, 0.2) is 0 Å². The van der Waals surface area contributed by atoms with Crippen molar-refractivity contribution in [1.82, 2.24) is 5.32 Å². The van der Waals surface area contributed by atoms with E-state index in [1.54, 1.807) is 0 Å². The van der Waals surface area contributed by atoms with E-state index in [1.807, 2.05) is 0 Å². The Hall–Kier alpha value is -1.02. The second-order valence-electron chi connectivity index (χ2n) is 7.17. The van der Waals surface area contributed by atoms with Crippen LogP contribution in [0.25, 0.3) is 0 Å². The third-order valence-electron chi connectivity index (χ3n) is 4.29. The number of nitrogens with zero attached hydrogens (tertiary/aromatic N) is 1. The van der Waals surface area contributed by atoms with Crippen LogP contribution in [0.3, 0.4) is 0 Å². The van der Waals surface area contributed by atoms with Crippen molar-refractivity contribution in [3.05, 3.63) is 29.8 Å². The summed E-state index contributed by atoms with van der Waals surface area (Å²) in [7, 11) is 2.25. The Morgan fingerprint density at radius 2 is 1.65 bits per heavy atom. The van der Waals surface area contributed by atoms with Crippen molar-refractivity contribution in [2.45, 2.75) is 71.0 Å². The predicted molar refractivity (Wildman–Crippen MR) is 88.3 cm³/mol. The highest BCUT2D eigenvalue weighted by molar-refractivity contribution is 5.47. The van der Waals surface area contributed by atoms with Crippen LogP contribution in [-0.2, 0) is 6.54 Å². The Kier molecular flexibility index (Phi) is 5.09. The first kappa shape index (κ1) is 15.4. The fraction of sp³-hybridized carbons (Fsp3) is 0.667. The molecule has 112 valence electrons. The van der Waals surface area contributed by atoms with Crippen LogP contribution in [0.4, 0.5) is 5.69 Å². The van der Waals surface area contributed by atoms with Gasteiger partial charge in [0.2, 0.25) is 0 Å². The van der Waals surface area contributed by atoms with Gasteiger partial charge in [-0.2, -0.15) is 0 Å². The highest BCUT2D eigenvalue weighted by Gasteiger charge is 2.18. The van der Waals surface area contributed by atoms with Gasteiger partial charge in [0, 0.05) is 30.9 Å². The van der Waals surface area contributed by atoms with Crippen molar-refractivity contribution in [2.24, 2.45) is 0 Å². The molecule has 2 rings (SSSR count). The molecule has 0 amide bonds. The van der Waals surface area contributed by atoms with Gasteiger partial charge in [0.1, 0.15) is 0 Å². The van der Waals surface area contributed by atoms with Crippen LogP contribution in [0.5, 0.6) is 0 Å². The molecule has 1 N–H and O–H groups in total. The number of hydrogen-bond donors (Lipinski definition) is 1. The van der Waals surface area contributed by atoms with E-state index in [0.717, 1.165) is 12.6 Å². The maximum atomic E-state index is 3.54. The van der Waals surface area contributed by atoms with Crippen molar-refractivity contribution < 1.29 is 0 Å². The molecule has 1 aromatic rings. The molecule has 0 saturated heterocycles. The zero-order valence-corrected chi connectivity index (χ0v) is 13.6. The van der Waals surface area contributed by atoms with Crippen molar-refractivity contribution in [2.75, 3.05) is 11.9 Å². The smallest absolute Gasteiger partial charge is 0.0366 e. The first-order valence-corrected chi connectivity index (χ1v) is 8.02. The van der Waals surface area contributed by atoms with Crippen LogP contribution in [0.1, 0.15) is 58.4 Å². The van der Waals surface area contributed by atoms with Crippen LogP contribution in [0.2, 0.25) is 0 Å². The Morgan fingerprint density at radius 3 is 2.20 bits per heavy atom. The first-order chi connectivity index (χ1) is 9.46. The molecular formula is C18H30N2. The molecule has 1 aliphatic carbocycles. The number of hydrogen-bond acceptors (Lipinski definition) is 2. The lowest BCUT2D eigenvalue weighted by atomic mass is 9.94. The van der Waals surface area contributed by atoms with E-state index >= 15 is 0 Å². The summed E-state index contributed by atoms with van der Waals surface area (Å²) in [5, 5.41) is 3.54. The van der Waals surface area contributed by atoms with E-state index in [1.165, 1.54) is 43.4 Å². The van der Waals surface area contributed by atoms with Crippen LogP contribution in [0, 0.1) is 0 Å². The lowest BCUT2D eigenvalue weighted by molar-refractivity contribution is 0.424. The fourth-order valence-electron chi connectivity index (χ4n) is 2.90. The van der Waals surface area contributed by atoms with Gasteiger partial charge in [0.25, 0.3) is 0 Å². The van der Waals surface area contributed by atoms with Crippen molar-refractivity contribution in [1.29, 1.82) is 0 Å². The Morgan fingerprint density at radius 1 is 1.05 bits per heavy atom. The summed E-state index contributed by atoms with van der Waals surface area (Å²) in [6, 6.07) is 9.80. The molecule has 0 aliphatic heterocycles. The SMILES string of the molecule is CN(c1ccc(CNC(C)(C)C)cc1)C1CCCCC1. The van der Waals surface area contributed by atoms with Gasteiger partial charge >= 0.3 is 0 Å². The third kappa shape index (κ3) is 4.52. The molecule has 2 heteroatoms. The molecule has 0 aromatic heterocycles. The van der Waals surface area contributed by atoms with E-state index in [2.05, 4.69) is 62.3 Å². The summed E-state index contributed by atoms with van der Waals surface area (Å²) >= 11 is 0. The monoisotopic (exact) mass is 274 g/mol. The van der Waals surface area contributed by atoms with Crippen molar-refractivity contribution >= 4 is 5.69 Å². The summed E-state index contributed by atoms with van der Waals surface area (Å²) in [6.07, 6.45) is 6.90. The number of nitrogens with one attached hydrogen (secondary N) is 1. The Labute approximate surface area is 124 Å². The summed E-state index contributed by atoms with van der Waals surface area (Å²) in [4.78, 5) is 2.47. The summed E-state index contributed by atoms with van der Waals surface area (Å²) < 4.78 is 0. The highest BCUT2D eigenvalue weighted by Crippen LogP contribution is 2.26. The van der Waals surface area contributed by atoms with Crippen LogP contribution in [0.15, 0.2) is 24.3 Å². The molecule has 20 heavy (non-hydrogen) atoms. The molecule has 1 saturated carbocycles. The van der Waals surface area contributed by atoms with E-state index < -0.39 is 0 Å². The molecule has 0 radical (unpaired) electrons. The second-order valence-corrected chi connectivity index (χ2v) is 7.17. The van der Waals surface area contributed by atoms with E-state index in [-0.39, 0.29) is 5.54 Å². The quantitative estimate of drug-likeness (QED) is 0.878. The molecular weight excluding hydrogens is 244 g/mol. The maximum Gasteiger partial charge on any atom is 0.0366 e. The molecule has 0 unspecified atom stereocenters. The number of anilines is 1. The summed E-state index contributed by atoms with van der Waals surface area (Å²) in [6.45, 7) is 7.56. The fourth-order valence-corrected chi connectivity index (χ4v) is 2.90. The standard InChI is InChI=1S/C18H30N2/c1-18(2,3)19-14-15-10-12-17(13-11-15)20(4)16-8-6-5-7-9-16/h10-13,16,19H,5-9,14H2,1-4H3. The molecule has 1 aromatic carbocycles. The average Bonchev–Trinajstić information content (AvgIpc) is 2.45. The highest BCUT2D eigenvalue weighted by atomic mass is 15.1. The lowest BCUT2D eigenvalue weighted by Gasteiger charge is -2.33. The van der Waals surface area contributed by atoms with Crippen molar-refractivity contribution in [3.63, 3.8) is 0 Å². The van der Waals surface area contributed by atoms with Gasteiger partial charge in [-0.05, 0) is 51.3 Å². The molecule has 1 fully saturated rings. The largest absolute Gasteiger partial charge is 0.372 e. The van der Waals surface area contributed by atoms with Crippen LogP contribution >= 0.6 is 0 Å². The number of benzene rings is 1. The molecule has 0 heterocycles.